The van der Waals surface area contributed by atoms with Gasteiger partial charge < -0.3 is 10.6 Å². The van der Waals surface area contributed by atoms with Crippen LogP contribution in [0, 0.1) is 20.8 Å². The Labute approximate surface area is 158 Å². The molecule has 6 nitrogen and oxygen atoms in total. The lowest BCUT2D eigenvalue weighted by Crippen LogP contribution is -2.33. The summed E-state index contributed by atoms with van der Waals surface area (Å²) >= 11 is 0. The molecule has 0 unspecified atom stereocenters. The Kier molecular flexibility index (Phi) is 5.35. The molecule has 0 bridgehead atoms. The van der Waals surface area contributed by atoms with Crippen LogP contribution >= 0.6 is 0 Å². The third kappa shape index (κ3) is 4.41. The second-order valence-electron chi connectivity index (χ2n) is 6.51. The van der Waals surface area contributed by atoms with E-state index in [1.165, 1.54) is 6.20 Å². The summed E-state index contributed by atoms with van der Waals surface area (Å²) in [7, 11) is 0. The van der Waals surface area contributed by atoms with Crippen LogP contribution in [0.4, 0.5) is 5.69 Å². The molecule has 2 aromatic carbocycles. The minimum Gasteiger partial charge on any atom is -0.343 e. The summed E-state index contributed by atoms with van der Waals surface area (Å²) in [5.74, 6) is -0.612. The lowest BCUT2D eigenvalue weighted by molar-refractivity contribution is -0.115. The van der Waals surface area contributed by atoms with Crippen molar-refractivity contribution in [2.45, 2.75) is 20.8 Å². The molecule has 138 valence electrons. The van der Waals surface area contributed by atoms with Crippen molar-refractivity contribution in [1.29, 1.82) is 0 Å². The molecule has 1 aromatic heterocycles. The Morgan fingerprint density at radius 3 is 2.37 bits per heavy atom. The Balaban J connectivity index is 1.60. The number of benzene rings is 2. The first-order valence-electron chi connectivity index (χ1n) is 8.70. The fourth-order valence-corrected chi connectivity index (χ4v) is 2.99. The largest absolute Gasteiger partial charge is 0.343 e. The zero-order valence-electron chi connectivity index (χ0n) is 15.6. The highest BCUT2D eigenvalue weighted by atomic mass is 16.2. The summed E-state index contributed by atoms with van der Waals surface area (Å²) in [4.78, 5) is 24.5. The smallest absolute Gasteiger partial charge is 0.254 e. The molecule has 0 fully saturated rings. The number of carbonyl (C=O) groups excluding carboxylic acids is 2. The molecule has 2 N–H and O–H groups in total. The molecule has 1 heterocycles. The lowest BCUT2D eigenvalue weighted by atomic mass is 10.1. The summed E-state index contributed by atoms with van der Waals surface area (Å²) in [6.45, 7) is 5.81. The van der Waals surface area contributed by atoms with E-state index in [2.05, 4.69) is 15.7 Å². The Morgan fingerprint density at radius 1 is 1.04 bits per heavy atom. The Bertz CT molecular complexity index is 954. The number of nitrogens with one attached hydrogen (secondary N) is 2. The number of aryl methyl sites for hydroxylation is 3. The van der Waals surface area contributed by atoms with Crippen LogP contribution in [-0.4, -0.2) is 28.1 Å². The van der Waals surface area contributed by atoms with Crippen LogP contribution in [0.2, 0.25) is 0 Å². The van der Waals surface area contributed by atoms with Crippen molar-refractivity contribution in [3.63, 3.8) is 0 Å². The van der Waals surface area contributed by atoms with E-state index in [9.17, 15) is 9.59 Å². The maximum atomic E-state index is 12.3. The molecule has 0 spiro atoms. The van der Waals surface area contributed by atoms with E-state index in [-0.39, 0.29) is 18.4 Å². The predicted molar refractivity (Wildman–Crippen MR) is 105 cm³/mol. The standard InChI is InChI=1S/C21H22N4O2/c1-14-9-15(2)20(16(3)10-14)24-19(26)12-22-21(27)17-11-23-25(13-17)18-7-5-4-6-8-18/h4-11,13H,12H2,1-3H3,(H,22,27)(H,24,26). The third-order valence-corrected chi connectivity index (χ3v) is 4.22. The number of aromatic nitrogens is 2. The van der Waals surface area contributed by atoms with Gasteiger partial charge in [-0.1, -0.05) is 35.9 Å². The van der Waals surface area contributed by atoms with Crippen LogP contribution in [0.5, 0.6) is 0 Å². The van der Waals surface area contributed by atoms with Gasteiger partial charge in [-0.25, -0.2) is 4.68 Å². The molecular formula is C21H22N4O2. The fourth-order valence-electron chi connectivity index (χ4n) is 2.99. The first kappa shape index (κ1) is 18.4. The number of amides is 2. The normalized spacial score (nSPS) is 10.5. The average molecular weight is 362 g/mol. The monoisotopic (exact) mass is 362 g/mol. The van der Waals surface area contributed by atoms with Crippen LogP contribution in [0.15, 0.2) is 54.9 Å². The highest BCUT2D eigenvalue weighted by Crippen LogP contribution is 2.21. The Hall–Kier alpha value is -3.41. The Morgan fingerprint density at radius 2 is 1.70 bits per heavy atom. The van der Waals surface area contributed by atoms with Crippen molar-refractivity contribution in [3.05, 3.63) is 77.1 Å². The van der Waals surface area contributed by atoms with Gasteiger partial charge in [-0.3, -0.25) is 9.59 Å². The van der Waals surface area contributed by atoms with E-state index in [0.717, 1.165) is 28.1 Å². The molecule has 6 heteroatoms. The number of para-hydroxylation sites is 1. The van der Waals surface area contributed by atoms with Crippen LogP contribution < -0.4 is 10.6 Å². The quantitative estimate of drug-likeness (QED) is 0.732. The molecule has 0 aliphatic rings. The summed E-state index contributed by atoms with van der Waals surface area (Å²) < 4.78 is 1.62. The summed E-state index contributed by atoms with van der Waals surface area (Å²) in [6, 6.07) is 13.5. The first-order valence-corrected chi connectivity index (χ1v) is 8.70. The number of rotatable bonds is 5. The van der Waals surface area contributed by atoms with E-state index in [0.29, 0.717) is 5.56 Å². The highest BCUT2D eigenvalue weighted by molar-refractivity contribution is 5.99. The van der Waals surface area contributed by atoms with Gasteiger partial charge in [0.05, 0.1) is 24.0 Å². The second kappa shape index (κ2) is 7.86. The lowest BCUT2D eigenvalue weighted by Gasteiger charge is -2.13. The van der Waals surface area contributed by atoms with Crippen LogP contribution in [0.3, 0.4) is 0 Å². The number of anilines is 1. The highest BCUT2D eigenvalue weighted by Gasteiger charge is 2.12. The van der Waals surface area contributed by atoms with Crippen LogP contribution in [0.1, 0.15) is 27.0 Å². The van der Waals surface area contributed by atoms with Crippen molar-refractivity contribution >= 4 is 17.5 Å². The van der Waals surface area contributed by atoms with Crippen LogP contribution in [0.25, 0.3) is 5.69 Å². The first-order chi connectivity index (χ1) is 12.9. The average Bonchev–Trinajstić information content (AvgIpc) is 3.14. The molecule has 27 heavy (non-hydrogen) atoms. The molecule has 3 aromatic rings. The number of hydrogen-bond donors (Lipinski definition) is 2. The summed E-state index contributed by atoms with van der Waals surface area (Å²) in [5.41, 5.74) is 5.19. The van der Waals surface area contributed by atoms with Gasteiger partial charge in [0.2, 0.25) is 5.91 Å². The van der Waals surface area contributed by atoms with Crippen LogP contribution in [-0.2, 0) is 4.79 Å². The van der Waals surface area contributed by atoms with Crippen molar-refractivity contribution < 1.29 is 9.59 Å². The molecule has 0 saturated carbocycles. The molecule has 0 aliphatic carbocycles. The molecule has 0 aliphatic heterocycles. The van der Waals surface area contributed by atoms with Gasteiger partial charge >= 0.3 is 0 Å². The van der Waals surface area contributed by atoms with Gasteiger partial charge in [-0.05, 0) is 44.0 Å². The second-order valence-corrected chi connectivity index (χ2v) is 6.51. The molecular weight excluding hydrogens is 340 g/mol. The maximum absolute atomic E-state index is 12.3. The predicted octanol–water partition coefficient (Wildman–Crippen LogP) is 3.17. The van der Waals surface area contributed by atoms with Gasteiger partial charge in [0.25, 0.3) is 5.91 Å². The van der Waals surface area contributed by atoms with E-state index < -0.39 is 0 Å². The molecule has 0 radical (unpaired) electrons. The zero-order chi connectivity index (χ0) is 19.4. The number of nitrogens with zero attached hydrogens (tertiary/aromatic N) is 2. The molecule has 0 saturated heterocycles. The van der Waals surface area contributed by atoms with Crippen molar-refractivity contribution in [2.75, 3.05) is 11.9 Å². The van der Waals surface area contributed by atoms with Gasteiger partial charge in [0.15, 0.2) is 0 Å². The van der Waals surface area contributed by atoms with E-state index in [1.54, 1.807) is 10.9 Å². The van der Waals surface area contributed by atoms with Crippen molar-refractivity contribution in [3.8, 4) is 5.69 Å². The molecule has 3 rings (SSSR count). The zero-order valence-corrected chi connectivity index (χ0v) is 15.6. The van der Waals surface area contributed by atoms with E-state index >= 15 is 0 Å². The summed E-state index contributed by atoms with van der Waals surface area (Å²) in [5, 5.41) is 9.69. The topological polar surface area (TPSA) is 76.0 Å². The van der Waals surface area contributed by atoms with E-state index in [1.807, 2.05) is 63.2 Å². The molecule has 0 atom stereocenters. The minimum atomic E-state index is -0.343. The maximum Gasteiger partial charge on any atom is 0.254 e. The SMILES string of the molecule is Cc1cc(C)c(NC(=O)CNC(=O)c2cnn(-c3ccccc3)c2)c(C)c1. The molecule has 2 amide bonds. The third-order valence-electron chi connectivity index (χ3n) is 4.22. The van der Waals surface area contributed by atoms with Crippen molar-refractivity contribution in [2.24, 2.45) is 0 Å². The number of carbonyl (C=O) groups is 2. The van der Waals surface area contributed by atoms with Gasteiger partial charge in [-0.15, -0.1) is 0 Å². The number of hydrogen-bond acceptors (Lipinski definition) is 3. The van der Waals surface area contributed by atoms with Crippen molar-refractivity contribution in [1.82, 2.24) is 15.1 Å². The fraction of sp³-hybridized carbons (Fsp3) is 0.190. The van der Waals surface area contributed by atoms with E-state index in [4.69, 9.17) is 0 Å². The van der Waals surface area contributed by atoms with Gasteiger partial charge in [0.1, 0.15) is 0 Å². The van der Waals surface area contributed by atoms with Gasteiger partial charge in [-0.2, -0.15) is 5.10 Å². The van der Waals surface area contributed by atoms with Gasteiger partial charge in [0, 0.05) is 11.9 Å². The summed E-state index contributed by atoms with van der Waals surface area (Å²) in [6.07, 6.45) is 3.12. The minimum absolute atomic E-state index is 0.109.